The van der Waals surface area contributed by atoms with Crippen LogP contribution < -0.4 is 18.9 Å². The lowest BCUT2D eigenvalue weighted by molar-refractivity contribution is -0.149. The van der Waals surface area contributed by atoms with Crippen molar-refractivity contribution in [2.75, 3.05) is 46.2 Å². The molecular weight excluding hydrogens is 1430 g/mol. The molecule has 1 aliphatic heterocycles. The van der Waals surface area contributed by atoms with Gasteiger partial charge >= 0.3 is 35.9 Å². The van der Waals surface area contributed by atoms with Crippen molar-refractivity contribution in [1.29, 1.82) is 0 Å². The zero-order chi connectivity index (χ0) is 80.5. The number of ether oxygens (including phenoxy) is 10. The molecule has 1 aliphatic carbocycles. The van der Waals surface area contributed by atoms with Crippen LogP contribution >= 0.6 is 0 Å². The zero-order valence-electron chi connectivity index (χ0n) is 64.6. The lowest BCUT2D eigenvalue weighted by atomic mass is 9.77. The average molecular weight is 1520 g/mol. The van der Waals surface area contributed by atoms with Gasteiger partial charge in [-0.15, -0.1) is 0 Å². The molecule has 0 spiro atoms. The Kier molecular flexibility index (Phi) is 25.2. The van der Waals surface area contributed by atoms with Gasteiger partial charge in [0.05, 0.1) is 50.8 Å². The fourth-order valence-electron chi connectivity index (χ4n) is 13.5. The molecule has 9 aromatic carbocycles. The third-order valence-corrected chi connectivity index (χ3v) is 18.8. The predicted molar refractivity (Wildman–Crippen MR) is 422 cm³/mol. The first-order valence-electron chi connectivity index (χ1n) is 37.4. The van der Waals surface area contributed by atoms with Crippen molar-refractivity contribution >= 4 is 102 Å². The molecule has 0 bridgehead atoms. The first-order valence-corrected chi connectivity index (χ1v) is 37.4. The van der Waals surface area contributed by atoms with E-state index in [0.29, 0.717) is 38.5 Å². The molecule has 1 unspecified atom stereocenters. The van der Waals surface area contributed by atoms with Crippen LogP contribution in [0.2, 0.25) is 0 Å². The number of imide groups is 1. The summed E-state index contributed by atoms with van der Waals surface area (Å²) in [4.78, 5) is 146. The van der Waals surface area contributed by atoms with Gasteiger partial charge in [0.15, 0.2) is 17.6 Å². The van der Waals surface area contributed by atoms with E-state index in [0.717, 1.165) is 32.1 Å². The molecule has 112 heavy (non-hydrogen) atoms. The van der Waals surface area contributed by atoms with Crippen LogP contribution in [0.3, 0.4) is 0 Å². The molecule has 0 fully saturated rings. The van der Waals surface area contributed by atoms with E-state index in [1.54, 1.807) is 125 Å². The molecule has 0 radical (unpaired) electrons. The smallest absolute Gasteiger partial charge is 0.410 e. The Bertz CT molecular complexity index is 4650. The lowest BCUT2D eigenvalue weighted by Gasteiger charge is -2.35. The summed E-state index contributed by atoms with van der Waals surface area (Å²) in [6.07, 6.45) is 1.16. The molecule has 2 aliphatic rings. The Balaban J connectivity index is 1.29. The summed E-state index contributed by atoms with van der Waals surface area (Å²) in [6.45, 7) is 32.0. The number of rotatable bonds is 35. The third kappa shape index (κ3) is 17.6. The largest absolute Gasteiger partial charge is 0.464 e. The van der Waals surface area contributed by atoms with Crippen LogP contribution in [0.5, 0.6) is 46.0 Å². The number of hydrogen-bond acceptors (Lipinski definition) is 20. The Labute approximate surface area is 649 Å². The van der Waals surface area contributed by atoms with E-state index in [2.05, 4.69) is 26.3 Å². The van der Waals surface area contributed by atoms with Gasteiger partial charge in [0.1, 0.15) is 52.0 Å². The minimum Gasteiger partial charge on any atom is -0.464 e. The molecule has 22 nitrogen and oxygen atoms in total. The number of carbonyl (C=O) groups excluding carboxylic acids is 10. The maximum atomic E-state index is 16.3. The third-order valence-electron chi connectivity index (χ3n) is 18.8. The second kappa shape index (κ2) is 35.1. The molecule has 0 aromatic heterocycles. The molecule has 11 rings (SSSR count). The maximum Gasteiger partial charge on any atom is 0.410 e. The summed E-state index contributed by atoms with van der Waals surface area (Å²) in [5, 5.41) is 1.10. The SMILES string of the molecule is C=C(C)C(=O)OCCc1ccc(Oc2cc3c4c(cc(Oc5ccc(CCOC(=O)C(=C)C)cc5)c5c6c(Oc7ccc(CCOC(=O)C(=C)C)cc7)cc7c8c(cc(Oc9ccc(CCOC(=O)C(=C)C)cc9)c(c2c45)c86)C(=O)N(C(CC(C)C)C(=O)OCCC)C7=O)C(=O)C(N(CC(C)C)C(=O)OCCC)C3=O)cc1. The minimum atomic E-state index is -1.81. The van der Waals surface area contributed by atoms with Gasteiger partial charge in [-0.2, -0.15) is 0 Å². The van der Waals surface area contributed by atoms with Crippen LogP contribution in [0.15, 0.2) is 170 Å². The van der Waals surface area contributed by atoms with Crippen molar-refractivity contribution in [3.05, 3.63) is 214 Å². The van der Waals surface area contributed by atoms with Gasteiger partial charge in [-0.05, 0) is 154 Å². The number of esters is 5. The molecule has 0 saturated carbocycles. The lowest BCUT2D eigenvalue weighted by Crippen LogP contribution is -2.52. The topological polar surface area (TPSA) is 269 Å². The molecule has 9 aromatic rings. The highest BCUT2D eigenvalue weighted by atomic mass is 16.6. The molecule has 0 N–H and O–H groups in total. The number of Topliss-reactive ketones (excluding diaryl/α,β-unsaturated/α-hetero) is 2. The first-order chi connectivity index (χ1) is 53.6. The zero-order valence-corrected chi connectivity index (χ0v) is 64.6. The number of benzene rings is 9. The van der Waals surface area contributed by atoms with Crippen LogP contribution in [0.1, 0.15) is 152 Å². The minimum absolute atomic E-state index is 0.000641. The van der Waals surface area contributed by atoms with Gasteiger partial charge in [-0.25, -0.2) is 28.8 Å². The summed E-state index contributed by atoms with van der Waals surface area (Å²) in [5.74, 6) is -6.24. The van der Waals surface area contributed by atoms with Crippen molar-refractivity contribution in [2.45, 2.75) is 126 Å². The molecule has 0 saturated heterocycles. The van der Waals surface area contributed by atoms with E-state index in [-0.39, 0.29) is 198 Å². The summed E-state index contributed by atoms with van der Waals surface area (Å²) in [7, 11) is 0. The second-order valence-corrected chi connectivity index (χ2v) is 28.9. The van der Waals surface area contributed by atoms with E-state index < -0.39 is 71.4 Å². The first kappa shape index (κ1) is 80.6. The Morgan fingerprint density at radius 3 is 0.964 bits per heavy atom. The molecule has 1 heterocycles. The quantitative estimate of drug-likeness (QED) is 0.00679. The Hall–Kier alpha value is -12.5. The molecule has 22 heteroatoms. The van der Waals surface area contributed by atoms with Crippen molar-refractivity contribution in [3.8, 4) is 46.0 Å². The van der Waals surface area contributed by atoms with Crippen LogP contribution in [-0.2, 0) is 78.1 Å². The molecular formula is C90H90N2O20. The molecule has 580 valence electrons. The number of carbonyl (C=O) groups is 10. The van der Waals surface area contributed by atoms with Crippen LogP contribution in [0.4, 0.5) is 4.79 Å². The summed E-state index contributed by atoms with van der Waals surface area (Å²) >= 11 is 0. The Morgan fingerprint density at radius 2 is 0.679 bits per heavy atom. The van der Waals surface area contributed by atoms with E-state index in [1.807, 2.05) is 41.5 Å². The van der Waals surface area contributed by atoms with Gasteiger partial charge in [0.2, 0.25) is 0 Å². The number of hydrogen-bond donors (Lipinski definition) is 0. The van der Waals surface area contributed by atoms with Crippen molar-refractivity contribution in [1.82, 2.24) is 9.80 Å². The van der Waals surface area contributed by atoms with Crippen molar-refractivity contribution in [2.24, 2.45) is 11.8 Å². The number of fused-ring (bicyclic) bond motifs is 2. The van der Waals surface area contributed by atoms with Crippen LogP contribution in [0, 0.1) is 11.8 Å². The summed E-state index contributed by atoms with van der Waals surface area (Å²) in [5.41, 5.74) is 3.59. The highest BCUT2D eigenvalue weighted by molar-refractivity contribution is 6.46. The predicted octanol–water partition coefficient (Wildman–Crippen LogP) is 17.8. The number of ketones is 2. The summed E-state index contributed by atoms with van der Waals surface area (Å²) in [6, 6.07) is 30.4. The van der Waals surface area contributed by atoms with E-state index >= 15 is 19.2 Å². The molecule has 1 atom stereocenters. The van der Waals surface area contributed by atoms with Crippen molar-refractivity contribution in [3.63, 3.8) is 0 Å². The monoisotopic (exact) mass is 1520 g/mol. The average Bonchev–Trinajstić information content (AvgIpc) is 0.670. The van der Waals surface area contributed by atoms with Gasteiger partial charge in [-0.3, -0.25) is 29.0 Å². The van der Waals surface area contributed by atoms with Gasteiger partial charge < -0.3 is 47.4 Å². The van der Waals surface area contributed by atoms with Gasteiger partial charge in [0.25, 0.3) is 11.8 Å². The normalized spacial score (nSPS) is 12.8. The van der Waals surface area contributed by atoms with Crippen LogP contribution in [-0.4, -0.2) is 127 Å². The fourth-order valence-corrected chi connectivity index (χ4v) is 13.5. The van der Waals surface area contributed by atoms with E-state index in [4.69, 9.17) is 47.4 Å². The maximum absolute atomic E-state index is 16.3. The highest BCUT2D eigenvalue weighted by Crippen LogP contribution is 2.58. The number of nitrogens with zero attached hydrogens (tertiary/aromatic N) is 2. The second-order valence-electron chi connectivity index (χ2n) is 28.9. The summed E-state index contributed by atoms with van der Waals surface area (Å²) < 4.78 is 62.3. The highest BCUT2D eigenvalue weighted by Gasteiger charge is 2.48. The van der Waals surface area contributed by atoms with Gasteiger partial charge in [-0.1, -0.05) is 116 Å². The van der Waals surface area contributed by atoms with Crippen LogP contribution in [0.25, 0.3) is 43.1 Å². The number of amides is 3. The van der Waals surface area contributed by atoms with Gasteiger partial charge in [0, 0.05) is 109 Å². The fraction of sp³-hybridized carbons (Fsp3) is 0.311. The van der Waals surface area contributed by atoms with Crippen molar-refractivity contribution < 1.29 is 95.3 Å². The Morgan fingerprint density at radius 1 is 0.384 bits per heavy atom. The van der Waals surface area contributed by atoms with E-state index in [9.17, 15) is 28.8 Å². The standard InChI is InChI=1S/C90H90N2O20/c1-15-37-103-89(101)67(43-49(3)4)92-83(95)65-46-70(111-61-29-21-57(22-30-61)35-41-106-87(99)53(11)12)76-74-68(109-59-25-17-55(18-26-59)33-39-104-85(97)51(7)8)44-63-72-64(82(94)80(81(63)93)91(48-50(5)6)90(102)108-38-16-2)45-69(110-60-27-19-56(20-28-60)34-40-105-86(98)52(9)10)75(78(72)74)77-71(47-66(84(92)96)73(65)79(76)77)112-62-31-23-58(24-32-62)36-42-107-88(100)54(13)14/h17-32,44-47,49-50,67,80H,7,9,11,13,15-16,33-43,48H2,1-6,8,10,12,14H3. The molecule has 3 amide bonds. The van der Waals surface area contributed by atoms with E-state index in [1.165, 1.54) is 24.3 Å².